The van der Waals surface area contributed by atoms with Crippen LogP contribution in [0.4, 0.5) is 0 Å². The Bertz CT molecular complexity index is 745. The van der Waals surface area contributed by atoms with Crippen LogP contribution >= 0.6 is 15.9 Å². The molecule has 94 valence electrons. The van der Waals surface area contributed by atoms with E-state index in [0.717, 1.165) is 15.6 Å². The van der Waals surface area contributed by atoms with Gasteiger partial charge in [0.2, 0.25) is 0 Å². The van der Waals surface area contributed by atoms with Gasteiger partial charge in [0.25, 0.3) is 0 Å². The first kappa shape index (κ1) is 12.3. The number of hydrogen-bond acceptors (Lipinski definition) is 2. The van der Waals surface area contributed by atoms with E-state index < -0.39 is 0 Å². The van der Waals surface area contributed by atoms with Crippen molar-refractivity contribution >= 4 is 27.5 Å². The zero-order valence-corrected chi connectivity index (χ0v) is 12.2. The molecule has 0 aromatic heterocycles. The molecule has 0 N–H and O–H groups in total. The van der Waals surface area contributed by atoms with Gasteiger partial charge in [-0.15, -0.1) is 0 Å². The predicted molar refractivity (Wildman–Crippen MR) is 76.9 cm³/mol. The molecule has 3 rings (SSSR count). The average Bonchev–Trinajstić information content (AvgIpc) is 2.38. The number of carbonyl (C=O) groups excluding carboxylic acids is 2. The fourth-order valence-electron chi connectivity index (χ4n) is 2.38. The monoisotopic (exact) mass is 314 g/mol. The van der Waals surface area contributed by atoms with Gasteiger partial charge in [-0.05, 0) is 55.3 Å². The number of carbonyl (C=O) groups is 2. The highest BCUT2D eigenvalue weighted by Gasteiger charge is 2.30. The summed E-state index contributed by atoms with van der Waals surface area (Å²) in [6, 6.07) is 8.84. The molecule has 19 heavy (non-hydrogen) atoms. The molecule has 0 fully saturated rings. The van der Waals surface area contributed by atoms with Crippen LogP contribution < -0.4 is 0 Å². The summed E-state index contributed by atoms with van der Waals surface area (Å²) in [5.41, 5.74) is 4.06. The first-order valence-electron chi connectivity index (χ1n) is 5.99. The van der Waals surface area contributed by atoms with E-state index in [1.54, 1.807) is 18.2 Å². The topological polar surface area (TPSA) is 34.1 Å². The summed E-state index contributed by atoms with van der Waals surface area (Å²) in [7, 11) is 0. The Balaban J connectivity index is 2.32. The highest BCUT2D eigenvalue weighted by Crippen LogP contribution is 2.30. The fourth-order valence-corrected chi connectivity index (χ4v) is 2.75. The lowest BCUT2D eigenvalue weighted by molar-refractivity contribution is 0.0979. The second-order valence-corrected chi connectivity index (χ2v) is 5.75. The van der Waals surface area contributed by atoms with Crippen molar-refractivity contribution in [3.8, 4) is 0 Å². The summed E-state index contributed by atoms with van der Waals surface area (Å²) < 4.78 is 0.805. The number of rotatable bonds is 0. The summed E-state index contributed by atoms with van der Waals surface area (Å²) in [6.07, 6.45) is 0. The first-order valence-corrected chi connectivity index (χ1v) is 6.78. The molecular weight excluding hydrogens is 304 g/mol. The van der Waals surface area contributed by atoms with Gasteiger partial charge in [0, 0.05) is 26.7 Å². The third-order valence-corrected chi connectivity index (χ3v) is 4.09. The maximum atomic E-state index is 12.5. The van der Waals surface area contributed by atoms with Crippen molar-refractivity contribution < 1.29 is 9.59 Å². The van der Waals surface area contributed by atoms with E-state index in [-0.39, 0.29) is 11.6 Å². The number of ketones is 2. The summed E-state index contributed by atoms with van der Waals surface area (Å²) in [4.78, 5) is 25.0. The Labute approximate surface area is 119 Å². The second kappa shape index (κ2) is 4.14. The third-order valence-electron chi connectivity index (χ3n) is 3.59. The van der Waals surface area contributed by atoms with Crippen molar-refractivity contribution in [1.29, 1.82) is 0 Å². The standard InChI is InChI=1S/C16H11BrO2/c1-8-5-12-13(6-9(8)2)16(19)14-7-10(17)3-4-11(14)15(12)18/h3-7H,1-2H3. The molecule has 1 aliphatic rings. The Kier molecular flexibility index (Phi) is 2.68. The van der Waals surface area contributed by atoms with Crippen molar-refractivity contribution in [3.05, 3.63) is 68.2 Å². The fraction of sp³-hybridized carbons (Fsp3) is 0.125. The van der Waals surface area contributed by atoms with Gasteiger partial charge in [0.1, 0.15) is 0 Å². The maximum absolute atomic E-state index is 12.5. The van der Waals surface area contributed by atoms with Crippen molar-refractivity contribution in [1.82, 2.24) is 0 Å². The Morgan fingerprint density at radius 1 is 0.737 bits per heavy atom. The van der Waals surface area contributed by atoms with Gasteiger partial charge in [-0.1, -0.05) is 15.9 Å². The molecule has 2 aromatic rings. The highest BCUT2D eigenvalue weighted by atomic mass is 79.9. The van der Waals surface area contributed by atoms with Gasteiger partial charge in [-0.25, -0.2) is 0 Å². The lowest BCUT2D eigenvalue weighted by Gasteiger charge is -2.19. The zero-order valence-electron chi connectivity index (χ0n) is 10.6. The third kappa shape index (κ3) is 1.77. The Morgan fingerprint density at radius 3 is 1.79 bits per heavy atom. The van der Waals surface area contributed by atoms with Gasteiger partial charge in [0.15, 0.2) is 11.6 Å². The molecule has 0 saturated heterocycles. The molecule has 1 aliphatic carbocycles. The molecule has 0 saturated carbocycles. The van der Waals surface area contributed by atoms with Crippen molar-refractivity contribution in [2.24, 2.45) is 0 Å². The minimum atomic E-state index is -0.0750. The van der Waals surface area contributed by atoms with Crippen LogP contribution in [0.1, 0.15) is 43.0 Å². The molecule has 0 aliphatic heterocycles. The van der Waals surface area contributed by atoms with Gasteiger partial charge in [-0.2, -0.15) is 0 Å². The van der Waals surface area contributed by atoms with Crippen LogP contribution in [-0.2, 0) is 0 Å². The van der Waals surface area contributed by atoms with E-state index in [2.05, 4.69) is 15.9 Å². The number of aryl methyl sites for hydroxylation is 2. The summed E-state index contributed by atoms with van der Waals surface area (Å²) in [5.74, 6) is -0.144. The van der Waals surface area contributed by atoms with Gasteiger partial charge in [0.05, 0.1) is 0 Å². The lowest BCUT2D eigenvalue weighted by Crippen LogP contribution is -2.21. The minimum Gasteiger partial charge on any atom is -0.289 e. The number of fused-ring (bicyclic) bond motifs is 2. The van der Waals surface area contributed by atoms with Gasteiger partial charge in [-0.3, -0.25) is 9.59 Å². The van der Waals surface area contributed by atoms with E-state index in [1.165, 1.54) is 0 Å². The molecule has 0 spiro atoms. The molecular formula is C16H11BrO2. The van der Waals surface area contributed by atoms with E-state index in [1.807, 2.05) is 26.0 Å². The smallest absolute Gasteiger partial charge is 0.194 e. The molecule has 2 aromatic carbocycles. The molecule has 3 heteroatoms. The van der Waals surface area contributed by atoms with E-state index in [4.69, 9.17) is 0 Å². The van der Waals surface area contributed by atoms with Gasteiger partial charge < -0.3 is 0 Å². The number of hydrogen-bond donors (Lipinski definition) is 0. The summed E-state index contributed by atoms with van der Waals surface area (Å²) in [5, 5.41) is 0. The highest BCUT2D eigenvalue weighted by molar-refractivity contribution is 9.10. The number of benzene rings is 2. The van der Waals surface area contributed by atoms with Crippen molar-refractivity contribution in [2.75, 3.05) is 0 Å². The summed E-state index contributed by atoms with van der Waals surface area (Å²) >= 11 is 3.34. The van der Waals surface area contributed by atoms with Crippen LogP contribution in [0.25, 0.3) is 0 Å². The van der Waals surface area contributed by atoms with E-state index in [0.29, 0.717) is 22.3 Å². The zero-order chi connectivity index (χ0) is 13.7. The minimum absolute atomic E-state index is 0.0693. The van der Waals surface area contributed by atoms with Crippen LogP contribution in [0.15, 0.2) is 34.8 Å². The van der Waals surface area contributed by atoms with Crippen LogP contribution in [0.5, 0.6) is 0 Å². The average molecular weight is 315 g/mol. The summed E-state index contributed by atoms with van der Waals surface area (Å²) in [6.45, 7) is 3.90. The Morgan fingerprint density at radius 2 is 1.21 bits per heavy atom. The SMILES string of the molecule is Cc1cc2c(cc1C)C(=O)c1cc(Br)ccc1C2=O. The van der Waals surface area contributed by atoms with Crippen LogP contribution in [0.3, 0.4) is 0 Å². The molecule has 0 radical (unpaired) electrons. The Hall–Kier alpha value is -1.74. The van der Waals surface area contributed by atoms with Crippen molar-refractivity contribution in [2.45, 2.75) is 13.8 Å². The molecule has 0 unspecified atom stereocenters. The maximum Gasteiger partial charge on any atom is 0.194 e. The quantitative estimate of drug-likeness (QED) is 0.631. The van der Waals surface area contributed by atoms with E-state index >= 15 is 0 Å². The van der Waals surface area contributed by atoms with Crippen LogP contribution in [0, 0.1) is 13.8 Å². The molecule has 0 amide bonds. The normalized spacial score (nSPS) is 13.2. The first-order chi connectivity index (χ1) is 8.99. The van der Waals surface area contributed by atoms with Crippen LogP contribution in [0.2, 0.25) is 0 Å². The molecule has 0 atom stereocenters. The van der Waals surface area contributed by atoms with Crippen molar-refractivity contribution in [3.63, 3.8) is 0 Å². The lowest BCUT2D eigenvalue weighted by atomic mass is 9.82. The molecule has 2 nitrogen and oxygen atoms in total. The van der Waals surface area contributed by atoms with Crippen LogP contribution in [-0.4, -0.2) is 11.6 Å². The molecule has 0 heterocycles. The van der Waals surface area contributed by atoms with E-state index in [9.17, 15) is 9.59 Å². The predicted octanol–water partition coefficient (Wildman–Crippen LogP) is 3.84. The number of halogens is 1. The second-order valence-electron chi connectivity index (χ2n) is 4.83. The largest absolute Gasteiger partial charge is 0.289 e. The molecule has 0 bridgehead atoms. The van der Waals surface area contributed by atoms with Gasteiger partial charge >= 0.3 is 0 Å².